The van der Waals surface area contributed by atoms with E-state index in [1.54, 1.807) is 12.1 Å². The van der Waals surface area contributed by atoms with Gasteiger partial charge >= 0.3 is 0 Å². The van der Waals surface area contributed by atoms with Crippen LogP contribution in [0.15, 0.2) is 24.3 Å². The molecular formula is C11H13Cl2NO2. The molecular weight excluding hydrogens is 249 g/mol. The molecule has 0 bridgehead atoms. The lowest BCUT2D eigenvalue weighted by Gasteiger charge is -2.15. The first-order chi connectivity index (χ1) is 7.65. The van der Waals surface area contributed by atoms with E-state index in [0.29, 0.717) is 11.4 Å². The Morgan fingerprint density at radius 1 is 1.38 bits per heavy atom. The Balaban J connectivity index is 2.56. The van der Waals surface area contributed by atoms with Crippen molar-refractivity contribution in [3.63, 3.8) is 0 Å². The maximum Gasteiger partial charge on any atom is 0.235 e. The minimum Gasteiger partial charge on any atom is -0.394 e. The van der Waals surface area contributed by atoms with E-state index >= 15 is 0 Å². The molecule has 0 spiro atoms. The third-order valence-corrected chi connectivity index (χ3v) is 2.60. The van der Waals surface area contributed by atoms with Crippen molar-refractivity contribution in [2.75, 3.05) is 12.5 Å². The number of alkyl halides is 1. The second-order valence-electron chi connectivity index (χ2n) is 3.41. The highest BCUT2D eigenvalue weighted by molar-refractivity contribution is 6.30. The van der Waals surface area contributed by atoms with Gasteiger partial charge in [-0.3, -0.25) is 4.79 Å². The number of carbonyl (C=O) groups excluding carboxylic acids is 1. The zero-order valence-corrected chi connectivity index (χ0v) is 10.1. The third kappa shape index (κ3) is 4.39. The Kier molecular flexibility index (Phi) is 5.60. The minimum atomic E-state index is -0.313. The fourth-order valence-electron chi connectivity index (χ4n) is 1.33. The molecule has 16 heavy (non-hydrogen) atoms. The number of hydrogen-bond acceptors (Lipinski definition) is 2. The highest BCUT2D eigenvalue weighted by Gasteiger charge is 2.11. The van der Waals surface area contributed by atoms with Crippen LogP contribution < -0.4 is 5.32 Å². The maximum atomic E-state index is 11.1. The van der Waals surface area contributed by atoms with Crippen LogP contribution in [-0.2, 0) is 11.2 Å². The number of amides is 1. The van der Waals surface area contributed by atoms with Gasteiger partial charge in [-0.1, -0.05) is 23.7 Å². The van der Waals surface area contributed by atoms with Gasteiger partial charge in [0, 0.05) is 5.02 Å². The predicted octanol–water partition coefficient (Wildman–Crippen LogP) is 1.60. The van der Waals surface area contributed by atoms with Crippen molar-refractivity contribution in [1.82, 2.24) is 5.32 Å². The lowest BCUT2D eigenvalue weighted by atomic mass is 10.1. The third-order valence-electron chi connectivity index (χ3n) is 2.10. The summed E-state index contributed by atoms with van der Waals surface area (Å²) in [7, 11) is 0. The van der Waals surface area contributed by atoms with Crippen LogP contribution in [0.25, 0.3) is 0 Å². The van der Waals surface area contributed by atoms with E-state index < -0.39 is 0 Å². The van der Waals surface area contributed by atoms with Crippen LogP contribution in [-0.4, -0.2) is 29.5 Å². The van der Waals surface area contributed by atoms with Crippen LogP contribution in [0.4, 0.5) is 0 Å². The quantitative estimate of drug-likeness (QED) is 0.792. The molecule has 5 heteroatoms. The average molecular weight is 262 g/mol. The van der Waals surface area contributed by atoms with Gasteiger partial charge in [0.15, 0.2) is 0 Å². The number of aliphatic hydroxyl groups excluding tert-OH is 1. The van der Waals surface area contributed by atoms with Gasteiger partial charge in [-0.05, 0) is 24.1 Å². The first-order valence-electron chi connectivity index (χ1n) is 4.86. The lowest BCUT2D eigenvalue weighted by molar-refractivity contribution is -0.119. The van der Waals surface area contributed by atoms with Gasteiger partial charge in [0.05, 0.1) is 12.6 Å². The van der Waals surface area contributed by atoms with Crippen molar-refractivity contribution >= 4 is 29.1 Å². The second-order valence-corrected chi connectivity index (χ2v) is 4.11. The van der Waals surface area contributed by atoms with E-state index in [4.69, 9.17) is 28.3 Å². The minimum absolute atomic E-state index is 0.100. The smallest absolute Gasteiger partial charge is 0.235 e. The van der Waals surface area contributed by atoms with Crippen LogP contribution in [0.5, 0.6) is 0 Å². The van der Waals surface area contributed by atoms with Crippen molar-refractivity contribution in [2.24, 2.45) is 0 Å². The molecule has 88 valence electrons. The van der Waals surface area contributed by atoms with Gasteiger partial charge in [-0.25, -0.2) is 0 Å². The molecule has 0 aliphatic heterocycles. The summed E-state index contributed by atoms with van der Waals surface area (Å²) in [6, 6.07) is 6.95. The van der Waals surface area contributed by atoms with E-state index in [0.717, 1.165) is 5.56 Å². The van der Waals surface area contributed by atoms with Crippen molar-refractivity contribution in [1.29, 1.82) is 0 Å². The van der Waals surface area contributed by atoms with Crippen molar-refractivity contribution in [3.05, 3.63) is 34.9 Å². The molecule has 0 radical (unpaired) electrons. The van der Waals surface area contributed by atoms with Crippen LogP contribution in [0, 0.1) is 0 Å². The molecule has 1 aromatic rings. The summed E-state index contributed by atoms with van der Waals surface area (Å²) >= 11 is 11.1. The van der Waals surface area contributed by atoms with E-state index in [1.807, 2.05) is 12.1 Å². The van der Waals surface area contributed by atoms with Crippen LogP contribution >= 0.6 is 23.2 Å². The summed E-state index contributed by atoms with van der Waals surface area (Å²) in [5.74, 6) is -0.383. The summed E-state index contributed by atoms with van der Waals surface area (Å²) in [5, 5.41) is 12.4. The molecule has 0 heterocycles. The normalized spacial score (nSPS) is 12.2. The van der Waals surface area contributed by atoms with Crippen molar-refractivity contribution < 1.29 is 9.90 Å². The summed E-state index contributed by atoms with van der Waals surface area (Å²) in [4.78, 5) is 11.1. The number of halogens is 2. The van der Waals surface area contributed by atoms with Crippen LogP contribution in [0.3, 0.4) is 0 Å². The highest BCUT2D eigenvalue weighted by atomic mass is 35.5. The summed E-state index contributed by atoms with van der Waals surface area (Å²) in [6.45, 7) is -0.120. The average Bonchev–Trinajstić information content (AvgIpc) is 2.30. The molecule has 0 unspecified atom stereocenters. The fraction of sp³-hybridized carbons (Fsp3) is 0.364. The van der Waals surface area contributed by atoms with E-state index in [-0.39, 0.29) is 24.4 Å². The first kappa shape index (κ1) is 13.3. The van der Waals surface area contributed by atoms with Gasteiger partial charge in [0.2, 0.25) is 5.91 Å². The van der Waals surface area contributed by atoms with Gasteiger partial charge in [-0.2, -0.15) is 0 Å². The molecule has 0 saturated heterocycles. The summed E-state index contributed by atoms with van der Waals surface area (Å²) in [6.07, 6.45) is 0.552. The molecule has 2 N–H and O–H groups in total. The van der Waals surface area contributed by atoms with Gasteiger partial charge in [0.25, 0.3) is 0 Å². The van der Waals surface area contributed by atoms with Crippen LogP contribution in [0.2, 0.25) is 5.02 Å². The van der Waals surface area contributed by atoms with Gasteiger partial charge < -0.3 is 10.4 Å². The number of hydrogen-bond donors (Lipinski definition) is 2. The molecule has 1 aromatic carbocycles. The monoisotopic (exact) mass is 261 g/mol. The summed E-state index contributed by atoms with van der Waals surface area (Å²) < 4.78 is 0. The topological polar surface area (TPSA) is 49.3 Å². The highest BCUT2D eigenvalue weighted by Crippen LogP contribution is 2.11. The molecule has 0 fully saturated rings. The van der Waals surface area contributed by atoms with E-state index in [1.165, 1.54) is 0 Å². The number of benzene rings is 1. The number of nitrogens with one attached hydrogen (secondary N) is 1. The molecule has 1 atom stereocenters. The number of carbonyl (C=O) groups is 1. The Morgan fingerprint density at radius 2 is 2.00 bits per heavy atom. The maximum absolute atomic E-state index is 11.1. The molecule has 0 aliphatic carbocycles. The van der Waals surface area contributed by atoms with Crippen molar-refractivity contribution in [3.8, 4) is 0 Å². The second kappa shape index (κ2) is 6.74. The zero-order chi connectivity index (χ0) is 12.0. The van der Waals surface area contributed by atoms with Crippen molar-refractivity contribution in [2.45, 2.75) is 12.5 Å². The first-order valence-corrected chi connectivity index (χ1v) is 5.77. The fourth-order valence-corrected chi connectivity index (χ4v) is 1.54. The van der Waals surface area contributed by atoms with E-state index in [2.05, 4.69) is 5.32 Å². The van der Waals surface area contributed by atoms with Gasteiger partial charge in [-0.15, -0.1) is 11.6 Å². The summed E-state index contributed by atoms with van der Waals surface area (Å²) in [5.41, 5.74) is 0.998. The predicted molar refractivity (Wildman–Crippen MR) is 64.9 cm³/mol. The van der Waals surface area contributed by atoms with Gasteiger partial charge in [0.1, 0.15) is 5.88 Å². The zero-order valence-electron chi connectivity index (χ0n) is 8.62. The Labute approximate surface area is 104 Å². The largest absolute Gasteiger partial charge is 0.394 e. The SMILES string of the molecule is O=C(CCl)N[C@H](CO)Cc1ccc(Cl)cc1. The standard InChI is InChI=1S/C11H13Cl2NO2/c12-6-11(16)14-10(7-15)5-8-1-3-9(13)4-2-8/h1-4,10,15H,5-7H2,(H,14,16)/t10-/m0/s1. The molecule has 1 rings (SSSR count). The van der Waals surface area contributed by atoms with Crippen LogP contribution in [0.1, 0.15) is 5.56 Å². The molecule has 0 aromatic heterocycles. The molecule has 0 saturated carbocycles. The van der Waals surface area contributed by atoms with E-state index in [9.17, 15) is 4.79 Å². The molecule has 0 aliphatic rings. The number of rotatable bonds is 5. The molecule has 3 nitrogen and oxygen atoms in total. The Bertz CT molecular complexity index is 340. The molecule has 1 amide bonds. The number of aliphatic hydroxyl groups is 1. The Morgan fingerprint density at radius 3 is 2.50 bits per heavy atom. The lowest BCUT2D eigenvalue weighted by Crippen LogP contribution is -2.39. The Hall–Kier alpha value is -0.770.